The maximum atomic E-state index is 8.80. The van der Waals surface area contributed by atoms with E-state index in [1.165, 1.54) is 0 Å². The molecule has 3 unspecified atom stereocenters. The predicted molar refractivity (Wildman–Crippen MR) is 51.2 cm³/mol. The van der Waals surface area contributed by atoms with E-state index in [1.54, 1.807) is 0 Å². The molecule has 0 aromatic carbocycles. The van der Waals surface area contributed by atoms with Gasteiger partial charge in [0.1, 0.15) is 0 Å². The summed E-state index contributed by atoms with van der Waals surface area (Å²) < 4.78 is 5.34. The zero-order valence-corrected chi connectivity index (χ0v) is 8.42. The van der Waals surface area contributed by atoms with E-state index in [1.807, 2.05) is 6.92 Å². The highest BCUT2D eigenvalue weighted by Gasteiger charge is 2.23. The molecule has 0 bridgehead atoms. The molecule has 1 heterocycles. The van der Waals surface area contributed by atoms with Crippen LogP contribution in [0, 0.1) is 17.2 Å². The van der Waals surface area contributed by atoms with E-state index < -0.39 is 0 Å². The Balaban J connectivity index is 2.37. The van der Waals surface area contributed by atoms with E-state index in [9.17, 15) is 0 Å². The SMILES string of the molecule is CCC(C#N)NC1CCOCC1C. The van der Waals surface area contributed by atoms with Gasteiger partial charge in [0.15, 0.2) is 0 Å². The molecule has 3 atom stereocenters. The van der Waals surface area contributed by atoms with Crippen molar-refractivity contribution in [1.29, 1.82) is 5.26 Å². The maximum absolute atomic E-state index is 8.80. The van der Waals surface area contributed by atoms with Crippen molar-refractivity contribution in [2.24, 2.45) is 5.92 Å². The summed E-state index contributed by atoms with van der Waals surface area (Å²) in [6, 6.07) is 2.73. The molecule has 1 aliphatic rings. The molecule has 3 nitrogen and oxygen atoms in total. The largest absolute Gasteiger partial charge is 0.381 e. The lowest BCUT2D eigenvalue weighted by atomic mass is 9.97. The lowest BCUT2D eigenvalue weighted by Gasteiger charge is -2.31. The molecule has 0 aromatic rings. The van der Waals surface area contributed by atoms with Crippen molar-refractivity contribution >= 4 is 0 Å². The number of nitrogens with zero attached hydrogens (tertiary/aromatic N) is 1. The van der Waals surface area contributed by atoms with Crippen LogP contribution in [0.2, 0.25) is 0 Å². The molecule has 1 fully saturated rings. The van der Waals surface area contributed by atoms with Gasteiger partial charge >= 0.3 is 0 Å². The van der Waals surface area contributed by atoms with Crippen LogP contribution in [0.1, 0.15) is 26.7 Å². The summed E-state index contributed by atoms with van der Waals surface area (Å²) in [6.07, 6.45) is 1.90. The fraction of sp³-hybridized carbons (Fsp3) is 0.900. The summed E-state index contributed by atoms with van der Waals surface area (Å²) in [6.45, 7) is 5.84. The molecule has 1 rings (SSSR count). The number of nitrogens with one attached hydrogen (secondary N) is 1. The van der Waals surface area contributed by atoms with Crippen LogP contribution in [0.25, 0.3) is 0 Å². The van der Waals surface area contributed by atoms with Crippen molar-refractivity contribution in [1.82, 2.24) is 5.32 Å². The van der Waals surface area contributed by atoms with Gasteiger partial charge in [0.2, 0.25) is 0 Å². The van der Waals surface area contributed by atoms with Gasteiger partial charge in [-0.15, -0.1) is 0 Å². The third kappa shape index (κ3) is 2.98. The summed E-state index contributed by atoms with van der Waals surface area (Å²) in [5, 5.41) is 12.2. The summed E-state index contributed by atoms with van der Waals surface area (Å²) in [5.74, 6) is 0.524. The van der Waals surface area contributed by atoms with E-state index >= 15 is 0 Å². The van der Waals surface area contributed by atoms with Gasteiger partial charge in [-0.25, -0.2) is 0 Å². The molecular weight excluding hydrogens is 164 g/mol. The average molecular weight is 182 g/mol. The fourth-order valence-electron chi connectivity index (χ4n) is 1.63. The van der Waals surface area contributed by atoms with Gasteiger partial charge in [0, 0.05) is 12.6 Å². The first-order valence-electron chi connectivity index (χ1n) is 5.01. The summed E-state index contributed by atoms with van der Waals surface area (Å²) >= 11 is 0. The van der Waals surface area contributed by atoms with Crippen molar-refractivity contribution in [2.45, 2.75) is 38.8 Å². The van der Waals surface area contributed by atoms with Crippen LogP contribution < -0.4 is 5.32 Å². The van der Waals surface area contributed by atoms with Gasteiger partial charge in [-0.3, -0.25) is 5.32 Å². The van der Waals surface area contributed by atoms with Gasteiger partial charge < -0.3 is 4.74 Å². The standard InChI is InChI=1S/C10H18N2O/c1-3-9(6-11)12-10-4-5-13-7-8(10)2/h8-10,12H,3-5,7H2,1-2H3. The topological polar surface area (TPSA) is 45.0 Å². The van der Waals surface area contributed by atoms with Crippen molar-refractivity contribution in [3.8, 4) is 6.07 Å². The molecule has 13 heavy (non-hydrogen) atoms. The molecule has 0 aromatic heterocycles. The Bertz CT molecular complexity index is 188. The van der Waals surface area contributed by atoms with Crippen LogP contribution in [-0.4, -0.2) is 25.3 Å². The first-order valence-corrected chi connectivity index (χ1v) is 5.01. The second kappa shape index (κ2) is 5.21. The highest BCUT2D eigenvalue weighted by atomic mass is 16.5. The molecule has 3 heteroatoms. The molecular formula is C10H18N2O. The van der Waals surface area contributed by atoms with Gasteiger partial charge in [-0.1, -0.05) is 13.8 Å². The number of nitriles is 1. The molecule has 0 aliphatic carbocycles. The summed E-state index contributed by atoms with van der Waals surface area (Å²) in [4.78, 5) is 0. The Morgan fingerprint density at radius 3 is 3.00 bits per heavy atom. The predicted octanol–water partition coefficient (Wildman–Crippen LogP) is 1.30. The lowest BCUT2D eigenvalue weighted by Crippen LogP contribution is -2.45. The van der Waals surface area contributed by atoms with Crippen LogP contribution >= 0.6 is 0 Å². The summed E-state index contributed by atoms with van der Waals surface area (Å²) in [7, 11) is 0. The molecule has 0 radical (unpaired) electrons. The quantitative estimate of drug-likeness (QED) is 0.715. The van der Waals surface area contributed by atoms with Gasteiger partial charge in [0.05, 0.1) is 18.7 Å². The molecule has 74 valence electrons. The highest BCUT2D eigenvalue weighted by Crippen LogP contribution is 2.14. The van der Waals surface area contributed by atoms with E-state index in [2.05, 4.69) is 18.3 Å². The van der Waals surface area contributed by atoms with Crippen LogP contribution in [0.15, 0.2) is 0 Å². The van der Waals surface area contributed by atoms with Crippen molar-refractivity contribution in [3.05, 3.63) is 0 Å². The Morgan fingerprint density at radius 1 is 1.69 bits per heavy atom. The van der Waals surface area contributed by atoms with Crippen LogP contribution in [0.4, 0.5) is 0 Å². The third-order valence-electron chi connectivity index (χ3n) is 2.62. The van der Waals surface area contributed by atoms with Gasteiger partial charge in [0.25, 0.3) is 0 Å². The van der Waals surface area contributed by atoms with E-state index in [4.69, 9.17) is 10.00 Å². The monoisotopic (exact) mass is 182 g/mol. The molecule has 0 spiro atoms. The van der Waals surface area contributed by atoms with Crippen molar-refractivity contribution in [2.75, 3.05) is 13.2 Å². The van der Waals surface area contributed by atoms with Gasteiger partial charge in [-0.2, -0.15) is 5.26 Å². The second-order valence-electron chi connectivity index (χ2n) is 3.70. The molecule has 1 aliphatic heterocycles. The zero-order chi connectivity index (χ0) is 9.68. The summed E-state index contributed by atoms with van der Waals surface area (Å²) in [5.41, 5.74) is 0. The fourth-order valence-corrected chi connectivity index (χ4v) is 1.63. The Hall–Kier alpha value is -0.590. The van der Waals surface area contributed by atoms with Gasteiger partial charge in [-0.05, 0) is 18.8 Å². The minimum Gasteiger partial charge on any atom is -0.381 e. The zero-order valence-electron chi connectivity index (χ0n) is 8.42. The van der Waals surface area contributed by atoms with Crippen LogP contribution in [0.3, 0.4) is 0 Å². The number of ether oxygens (including phenoxy) is 1. The average Bonchev–Trinajstić information content (AvgIpc) is 2.17. The van der Waals surface area contributed by atoms with Crippen molar-refractivity contribution < 1.29 is 4.74 Å². The lowest BCUT2D eigenvalue weighted by molar-refractivity contribution is 0.0374. The Labute approximate surface area is 80.1 Å². The van der Waals surface area contributed by atoms with E-state index in [0.29, 0.717) is 12.0 Å². The van der Waals surface area contributed by atoms with E-state index in [0.717, 1.165) is 26.1 Å². The molecule has 0 saturated carbocycles. The molecule has 1 saturated heterocycles. The van der Waals surface area contributed by atoms with Crippen LogP contribution in [-0.2, 0) is 4.74 Å². The first-order chi connectivity index (χ1) is 6.27. The normalized spacial score (nSPS) is 30.8. The number of hydrogen-bond acceptors (Lipinski definition) is 3. The second-order valence-corrected chi connectivity index (χ2v) is 3.70. The minimum absolute atomic E-state index is 0.00514. The van der Waals surface area contributed by atoms with Crippen molar-refractivity contribution in [3.63, 3.8) is 0 Å². The smallest absolute Gasteiger partial charge is 0.0952 e. The Kier molecular flexibility index (Phi) is 4.20. The van der Waals surface area contributed by atoms with E-state index in [-0.39, 0.29) is 6.04 Å². The molecule has 0 amide bonds. The molecule has 1 N–H and O–H groups in total. The Morgan fingerprint density at radius 2 is 2.46 bits per heavy atom. The number of hydrogen-bond donors (Lipinski definition) is 1. The number of rotatable bonds is 3. The first kappa shape index (κ1) is 10.5. The third-order valence-corrected chi connectivity index (χ3v) is 2.62. The maximum Gasteiger partial charge on any atom is 0.0952 e. The highest BCUT2D eigenvalue weighted by molar-refractivity contribution is 4.92. The van der Waals surface area contributed by atoms with Crippen LogP contribution in [0.5, 0.6) is 0 Å². The minimum atomic E-state index is 0.00514.